The molecule has 1 aliphatic heterocycles. The molecule has 0 spiro atoms. The summed E-state index contributed by atoms with van der Waals surface area (Å²) in [6.45, 7) is 6.62. The second kappa shape index (κ2) is 7.79. The van der Waals surface area contributed by atoms with Crippen molar-refractivity contribution in [2.75, 3.05) is 6.54 Å². The molecule has 0 fully saturated rings. The van der Waals surface area contributed by atoms with Gasteiger partial charge < -0.3 is 9.32 Å². The smallest absolute Gasteiger partial charge is 0.290 e. The van der Waals surface area contributed by atoms with E-state index < -0.39 is 6.04 Å². The third kappa shape index (κ3) is 3.42. The normalized spacial score (nSPS) is 15.9. The summed E-state index contributed by atoms with van der Waals surface area (Å²) < 4.78 is 7.03. The second-order valence-corrected chi connectivity index (χ2v) is 8.70. The van der Waals surface area contributed by atoms with Crippen molar-refractivity contribution < 1.29 is 9.21 Å². The number of hydrogen-bond donors (Lipinski definition) is 0. The van der Waals surface area contributed by atoms with Crippen molar-refractivity contribution in [1.82, 2.24) is 4.90 Å². The number of unbranched alkanes of at least 4 members (excludes halogenated alkanes) is 2. The van der Waals surface area contributed by atoms with Gasteiger partial charge in [0.1, 0.15) is 5.58 Å². The number of benzene rings is 2. The third-order valence-corrected chi connectivity index (χ3v) is 6.13. The highest BCUT2D eigenvalue weighted by Crippen LogP contribution is 2.39. The summed E-state index contributed by atoms with van der Waals surface area (Å²) in [7, 11) is 0. The van der Waals surface area contributed by atoms with Crippen LogP contribution in [0.2, 0.25) is 0 Å². The van der Waals surface area contributed by atoms with Crippen molar-refractivity contribution in [3.05, 3.63) is 79.1 Å². The van der Waals surface area contributed by atoms with E-state index in [0.717, 1.165) is 40.4 Å². The molecule has 3 aromatic rings. The molecule has 4 nitrogen and oxygen atoms in total. The molecule has 1 amide bonds. The predicted molar refractivity (Wildman–Crippen MR) is 119 cm³/mol. The molecule has 1 aliphatic rings. The first-order valence-electron chi connectivity index (χ1n) is 10.1. The maximum absolute atomic E-state index is 13.6. The molecule has 1 aromatic heterocycles. The van der Waals surface area contributed by atoms with Gasteiger partial charge in [0.15, 0.2) is 5.43 Å². The van der Waals surface area contributed by atoms with Gasteiger partial charge in [0.25, 0.3) is 5.91 Å². The Labute approximate surface area is 178 Å². The largest absolute Gasteiger partial charge is 0.450 e. The molecule has 2 aromatic carbocycles. The maximum atomic E-state index is 13.6. The number of fused-ring (bicyclic) bond motifs is 2. The molecule has 5 heteroatoms. The Hall–Kier alpha value is -2.40. The lowest BCUT2D eigenvalue weighted by Crippen LogP contribution is -2.30. The first-order valence-corrected chi connectivity index (χ1v) is 10.9. The molecule has 0 saturated carbocycles. The van der Waals surface area contributed by atoms with E-state index in [2.05, 4.69) is 22.9 Å². The van der Waals surface area contributed by atoms with Crippen LogP contribution in [0.25, 0.3) is 11.0 Å². The fraction of sp³-hybridized carbons (Fsp3) is 0.333. The summed E-state index contributed by atoms with van der Waals surface area (Å²) >= 11 is 3.47. The molecule has 29 heavy (non-hydrogen) atoms. The lowest BCUT2D eigenvalue weighted by Gasteiger charge is -2.25. The van der Waals surface area contributed by atoms with Crippen LogP contribution in [0, 0.1) is 13.8 Å². The van der Waals surface area contributed by atoms with E-state index in [-0.39, 0.29) is 17.1 Å². The van der Waals surface area contributed by atoms with Gasteiger partial charge in [0, 0.05) is 11.0 Å². The fourth-order valence-corrected chi connectivity index (χ4v) is 4.53. The van der Waals surface area contributed by atoms with E-state index in [1.807, 2.05) is 50.2 Å². The van der Waals surface area contributed by atoms with Crippen molar-refractivity contribution in [3.63, 3.8) is 0 Å². The first kappa shape index (κ1) is 19.9. The average Bonchev–Trinajstić information content (AvgIpc) is 2.95. The number of halogens is 1. The first-order chi connectivity index (χ1) is 13.9. The summed E-state index contributed by atoms with van der Waals surface area (Å²) in [4.78, 5) is 28.7. The second-order valence-electron chi connectivity index (χ2n) is 7.79. The van der Waals surface area contributed by atoms with Crippen molar-refractivity contribution in [1.29, 1.82) is 0 Å². The monoisotopic (exact) mass is 453 g/mol. The molecule has 0 N–H and O–H groups in total. The summed E-state index contributed by atoms with van der Waals surface area (Å²) in [5.74, 6) is -0.000835. The maximum Gasteiger partial charge on any atom is 0.290 e. The lowest BCUT2D eigenvalue weighted by atomic mass is 9.97. The molecule has 1 unspecified atom stereocenters. The van der Waals surface area contributed by atoms with Crippen molar-refractivity contribution in [2.45, 2.75) is 46.1 Å². The molecule has 0 bridgehead atoms. The van der Waals surface area contributed by atoms with Gasteiger partial charge in [-0.2, -0.15) is 0 Å². The van der Waals surface area contributed by atoms with Crippen LogP contribution in [-0.2, 0) is 0 Å². The Kier molecular flexibility index (Phi) is 5.34. The zero-order valence-corrected chi connectivity index (χ0v) is 18.5. The summed E-state index contributed by atoms with van der Waals surface area (Å²) in [5, 5.41) is 0.569. The Morgan fingerprint density at radius 1 is 1.07 bits per heavy atom. The molecule has 2 heterocycles. The van der Waals surface area contributed by atoms with Gasteiger partial charge in [-0.05, 0) is 55.2 Å². The molecule has 0 saturated heterocycles. The van der Waals surface area contributed by atoms with Crippen molar-refractivity contribution in [3.8, 4) is 0 Å². The number of amides is 1. The van der Waals surface area contributed by atoms with E-state index in [1.54, 1.807) is 4.90 Å². The summed E-state index contributed by atoms with van der Waals surface area (Å²) in [6, 6.07) is 11.2. The minimum absolute atomic E-state index is 0.0991. The van der Waals surface area contributed by atoms with Gasteiger partial charge in [-0.1, -0.05) is 53.9 Å². The van der Waals surface area contributed by atoms with Gasteiger partial charge in [-0.3, -0.25) is 9.59 Å². The Bertz CT molecular complexity index is 1150. The van der Waals surface area contributed by atoms with Crippen molar-refractivity contribution >= 4 is 32.8 Å². The molecular formula is C24H24BrNO3. The van der Waals surface area contributed by atoms with E-state index in [9.17, 15) is 9.59 Å². The van der Waals surface area contributed by atoms with Crippen LogP contribution in [0.1, 0.15) is 65.0 Å². The van der Waals surface area contributed by atoms with E-state index >= 15 is 0 Å². The Balaban J connectivity index is 1.95. The molecular weight excluding hydrogens is 430 g/mol. The lowest BCUT2D eigenvalue weighted by molar-refractivity contribution is 0.0724. The SMILES string of the molecule is CCCCCN1C(=O)c2oc3cc(C)cc(C)c3c(=O)c2C1c1ccc(Br)cc1. The molecule has 150 valence electrons. The molecule has 4 rings (SSSR count). The van der Waals surface area contributed by atoms with Crippen molar-refractivity contribution in [2.24, 2.45) is 0 Å². The molecule has 0 aliphatic carbocycles. The number of carbonyl (C=O) groups is 1. The van der Waals surface area contributed by atoms with Crippen LogP contribution in [0.3, 0.4) is 0 Å². The summed E-state index contributed by atoms with van der Waals surface area (Å²) in [5.41, 5.74) is 3.67. The minimum Gasteiger partial charge on any atom is -0.450 e. The van der Waals surface area contributed by atoms with Gasteiger partial charge in [0.05, 0.1) is 17.0 Å². The number of nitrogens with zero attached hydrogens (tertiary/aromatic N) is 1. The molecule has 1 atom stereocenters. The number of hydrogen-bond acceptors (Lipinski definition) is 3. The van der Waals surface area contributed by atoms with Crippen LogP contribution in [0.15, 0.2) is 50.1 Å². The topological polar surface area (TPSA) is 50.5 Å². The van der Waals surface area contributed by atoms with Crippen LogP contribution >= 0.6 is 15.9 Å². The number of aryl methyl sites for hydroxylation is 2. The van der Waals surface area contributed by atoms with Gasteiger partial charge in [-0.15, -0.1) is 0 Å². The average molecular weight is 454 g/mol. The van der Waals surface area contributed by atoms with Gasteiger partial charge in [0.2, 0.25) is 5.76 Å². The van der Waals surface area contributed by atoms with Crippen LogP contribution in [0.4, 0.5) is 0 Å². The number of carbonyl (C=O) groups excluding carboxylic acids is 1. The highest BCUT2D eigenvalue weighted by Gasteiger charge is 2.42. The highest BCUT2D eigenvalue weighted by molar-refractivity contribution is 9.10. The molecule has 0 radical (unpaired) electrons. The third-order valence-electron chi connectivity index (χ3n) is 5.60. The Morgan fingerprint density at radius 3 is 2.48 bits per heavy atom. The summed E-state index contributed by atoms with van der Waals surface area (Å²) in [6.07, 6.45) is 3.00. The van der Waals surface area contributed by atoms with Crippen LogP contribution < -0.4 is 5.43 Å². The quantitative estimate of drug-likeness (QED) is 0.451. The van der Waals surface area contributed by atoms with Crippen LogP contribution in [0.5, 0.6) is 0 Å². The number of rotatable bonds is 5. The van der Waals surface area contributed by atoms with Crippen LogP contribution in [-0.4, -0.2) is 17.4 Å². The fourth-order valence-electron chi connectivity index (χ4n) is 4.27. The predicted octanol–water partition coefficient (Wildman–Crippen LogP) is 5.91. The standard InChI is InChI=1S/C24H24BrNO3/c1-4-5-6-11-26-21(16-7-9-17(25)10-8-16)20-22(27)19-15(3)12-14(2)13-18(19)29-23(20)24(26)28/h7-10,12-13,21H,4-6,11H2,1-3H3. The zero-order chi connectivity index (χ0) is 20.7. The zero-order valence-electron chi connectivity index (χ0n) is 16.9. The minimum atomic E-state index is -0.413. The Morgan fingerprint density at radius 2 is 1.79 bits per heavy atom. The highest BCUT2D eigenvalue weighted by atomic mass is 79.9. The van der Waals surface area contributed by atoms with Gasteiger partial charge in [-0.25, -0.2) is 0 Å². The van der Waals surface area contributed by atoms with Gasteiger partial charge >= 0.3 is 0 Å². The van der Waals surface area contributed by atoms with E-state index in [1.165, 1.54) is 0 Å². The van der Waals surface area contributed by atoms with E-state index in [4.69, 9.17) is 4.42 Å². The van der Waals surface area contributed by atoms with E-state index in [0.29, 0.717) is 23.1 Å².